The zero-order valence-corrected chi connectivity index (χ0v) is 20.7. The fourth-order valence-corrected chi connectivity index (χ4v) is 1.36. The van der Waals surface area contributed by atoms with E-state index in [1.54, 1.807) is 0 Å². The Morgan fingerprint density at radius 1 is 0.441 bits per heavy atom. The molecule has 0 aromatic rings. The van der Waals surface area contributed by atoms with Gasteiger partial charge in [-0.1, -0.05) is 0 Å². The predicted octanol–water partition coefficient (Wildman–Crippen LogP) is 1.81. The fourth-order valence-electron chi connectivity index (χ4n) is 1.36. The van der Waals surface area contributed by atoms with Gasteiger partial charge in [-0.05, 0) is 27.7 Å². The number of carbonyl (C=O) groups is 2. The molecule has 0 aromatic heterocycles. The summed E-state index contributed by atoms with van der Waals surface area (Å²) in [4.78, 5) is 56.7. The molecule has 0 aliphatic carbocycles. The molecule has 0 rings (SSSR count). The van der Waals surface area contributed by atoms with Gasteiger partial charge in [-0.2, -0.15) is 0 Å². The van der Waals surface area contributed by atoms with Crippen LogP contribution in [0.15, 0.2) is 0 Å². The molecule has 0 aliphatic heterocycles. The Labute approximate surface area is 200 Å². The molecule has 0 spiro atoms. The summed E-state index contributed by atoms with van der Waals surface area (Å²) < 4.78 is 10.2. The van der Waals surface area contributed by atoms with E-state index in [2.05, 4.69) is 19.6 Å². The van der Waals surface area contributed by atoms with E-state index >= 15 is 0 Å². The highest BCUT2D eigenvalue weighted by Crippen LogP contribution is 1.86. The normalized spacial score (nSPS) is 10.1. The second-order valence-corrected chi connectivity index (χ2v) is 5.43. The number of carboxylic acids is 2. The number of hydrogen-bond acceptors (Lipinski definition) is 12. The molecule has 2 N–H and O–H groups in total. The molecule has 0 aliphatic rings. The van der Waals surface area contributed by atoms with Crippen LogP contribution in [0.4, 0.5) is 0 Å². The van der Waals surface area contributed by atoms with Gasteiger partial charge in [-0.15, -0.1) is 0 Å². The average Bonchev–Trinajstić information content (AvgIpc) is 2.81. The standard InChI is InChI=1S/2C8H18O5.C4H6O4/c2*1-3-10-12-7-5-9-6-8-13-11-4-2;5-3(6)1-2-4(7)8/h2*3-8H2,1-2H3;1-2H2,(H,5,6)(H,7,8). The van der Waals surface area contributed by atoms with Gasteiger partial charge in [-0.25, -0.2) is 39.1 Å². The molecule has 34 heavy (non-hydrogen) atoms. The Morgan fingerprint density at radius 2 is 0.676 bits per heavy atom. The van der Waals surface area contributed by atoms with Crippen molar-refractivity contribution in [2.45, 2.75) is 40.5 Å². The third-order valence-electron chi connectivity index (χ3n) is 2.60. The van der Waals surface area contributed by atoms with Crippen molar-refractivity contribution in [3.63, 3.8) is 0 Å². The summed E-state index contributed by atoms with van der Waals surface area (Å²) in [5, 5.41) is 15.8. The number of rotatable bonds is 23. The molecular weight excluding hydrogens is 464 g/mol. The summed E-state index contributed by atoms with van der Waals surface area (Å²) in [7, 11) is 0. The first kappa shape index (κ1) is 37.1. The molecule has 0 fully saturated rings. The molecule has 0 amide bonds. The van der Waals surface area contributed by atoms with Crippen molar-refractivity contribution in [2.75, 3.05) is 79.3 Å². The van der Waals surface area contributed by atoms with Crippen LogP contribution in [0.1, 0.15) is 40.5 Å². The number of ether oxygens (including phenoxy) is 2. The van der Waals surface area contributed by atoms with Crippen molar-refractivity contribution in [1.29, 1.82) is 0 Å². The van der Waals surface area contributed by atoms with E-state index in [0.29, 0.717) is 79.3 Å². The molecule has 14 heteroatoms. The minimum absolute atomic E-state index is 0.296. The average molecular weight is 507 g/mol. The molecule has 0 saturated carbocycles. The minimum atomic E-state index is -1.08. The van der Waals surface area contributed by atoms with Gasteiger partial charge < -0.3 is 19.7 Å². The van der Waals surface area contributed by atoms with Crippen molar-refractivity contribution in [2.24, 2.45) is 0 Å². The lowest BCUT2D eigenvalue weighted by Gasteiger charge is -2.04. The van der Waals surface area contributed by atoms with Crippen molar-refractivity contribution in [1.82, 2.24) is 0 Å². The monoisotopic (exact) mass is 506 g/mol. The Hall–Kier alpha value is -1.46. The van der Waals surface area contributed by atoms with Gasteiger partial charge in [0.25, 0.3) is 0 Å². The highest BCUT2D eigenvalue weighted by Gasteiger charge is 2.00. The van der Waals surface area contributed by atoms with E-state index in [0.717, 1.165) is 0 Å². The third-order valence-corrected chi connectivity index (χ3v) is 2.60. The van der Waals surface area contributed by atoms with E-state index in [4.69, 9.17) is 39.2 Å². The van der Waals surface area contributed by atoms with Gasteiger partial charge >= 0.3 is 11.9 Å². The molecule has 14 nitrogen and oxygen atoms in total. The molecular formula is C20H42O14. The summed E-state index contributed by atoms with van der Waals surface area (Å²) in [6.07, 6.45) is -0.593. The quantitative estimate of drug-likeness (QED) is 0.117. The van der Waals surface area contributed by atoms with E-state index in [9.17, 15) is 9.59 Å². The Bertz CT molecular complexity index is 341. The van der Waals surface area contributed by atoms with Gasteiger partial charge in [0.2, 0.25) is 0 Å². The number of aliphatic carboxylic acids is 2. The minimum Gasteiger partial charge on any atom is -0.481 e. The summed E-state index contributed by atoms with van der Waals surface area (Å²) in [5.74, 6) is -2.15. The smallest absolute Gasteiger partial charge is 0.303 e. The molecule has 0 bridgehead atoms. The first-order valence-electron chi connectivity index (χ1n) is 11.0. The Balaban J connectivity index is -0.000000438. The van der Waals surface area contributed by atoms with Crippen LogP contribution in [0, 0.1) is 0 Å². The fraction of sp³-hybridized carbons (Fsp3) is 0.900. The molecule has 0 saturated heterocycles. The molecule has 0 heterocycles. The lowest BCUT2D eigenvalue weighted by Crippen LogP contribution is -2.09. The maximum atomic E-state index is 9.64. The van der Waals surface area contributed by atoms with E-state index in [1.807, 2.05) is 27.7 Å². The molecule has 0 radical (unpaired) electrons. The van der Waals surface area contributed by atoms with Crippen molar-refractivity contribution in [3.05, 3.63) is 0 Å². The van der Waals surface area contributed by atoms with Gasteiger partial charge in [0, 0.05) is 0 Å². The second-order valence-electron chi connectivity index (χ2n) is 5.43. The van der Waals surface area contributed by atoms with Crippen LogP contribution in [-0.2, 0) is 58.2 Å². The highest BCUT2D eigenvalue weighted by atomic mass is 17.2. The summed E-state index contributed by atoms with van der Waals surface area (Å²) >= 11 is 0. The van der Waals surface area contributed by atoms with Crippen molar-refractivity contribution in [3.8, 4) is 0 Å². The zero-order valence-electron chi connectivity index (χ0n) is 20.7. The Morgan fingerprint density at radius 3 is 0.853 bits per heavy atom. The first-order chi connectivity index (χ1) is 16.5. The van der Waals surface area contributed by atoms with Crippen LogP contribution in [0.2, 0.25) is 0 Å². The Kier molecular flexibility index (Phi) is 39.4. The topological polar surface area (TPSA) is 167 Å². The predicted molar refractivity (Wildman–Crippen MR) is 116 cm³/mol. The molecule has 0 atom stereocenters. The summed E-state index contributed by atoms with van der Waals surface area (Å²) in [6, 6.07) is 0. The van der Waals surface area contributed by atoms with Crippen LogP contribution in [-0.4, -0.2) is 101 Å². The third kappa shape index (κ3) is 48.1. The number of hydrogen-bond donors (Lipinski definition) is 2. The summed E-state index contributed by atoms with van der Waals surface area (Å²) in [5.41, 5.74) is 0. The molecule has 206 valence electrons. The molecule has 0 unspecified atom stereocenters. The zero-order chi connectivity index (χ0) is 26.1. The van der Waals surface area contributed by atoms with Gasteiger partial charge in [0.05, 0.1) is 65.7 Å². The first-order valence-corrected chi connectivity index (χ1v) is 11.0. The highest BCUT2D eigenvalue weighted by molar-refractivity contribution is 5.75. The van der Waals surface area contributed by atoms with Crippen LogP contribution >= 0.6 is 0 Å². The van der Waals surface area contributed by atoms with Crippen LogP contribution in [0.3, 0.4) is 0 Å². The number of carboxylic acid groups (broad SMARTS) is 2. The van der Waals surface area contributed by atoms with Crippen molar-refractivity contribution < 1.29 is 68.4 Å². The van der Waals surface area contributed by atoms with Gasteiger partial charge in [-0.3, -0.25) is 9.59 Å². The van der Waals surface area contributed by atoms with E-state index < -0.39 is 11.9 Å². The maximum Gasteiger partial charge on any atom is 0.303 e. The molecule has 0 aromatic carbocycles. The van der Waals surface area contributed by atoms with E-state index in [1.165, 1.54) is 0 Å². The van der Waals surface area contributed by atoms with E-state index in [-0.39, 0.29) is 12.8 Å². The van der Waals surface area contributed by atoms with Gasteiger partial charge in [0.15, 0.2) is 0 Å². The van der Waals surface area contributed by atoms with Crippen LogP contribution in [0.5, 0.6) is 0 Å². The van der Waals surface area contributed by atoms with Gasteiger partial charge in [0.1, 0.15) is 26.4 Å². The lowest BCUT2D eigenvalue weighted by molar-refractivity contribution is -0.304. The largest absolute Gasteiger partial charge is 0.481 e. The maximum absolute atomic E-state index is 9.64. The van der Waals surface area contributed by atoms with Crippen molar-refractivity contribution >= 4 is 11.9 Å². The summed E-state index contributed by atoms with van der Waals surface area (Å²) in [6.45, 7) is 13.3. The van der Waals surface area contributed by atoms with Crippen LogP contribution < -0.4 is 0 Å². The lowest BCUT2D eigenvalue weighted by atomic mass is 10.3. The second kappa shape index (κ2) is 36.1. The SMILES string of the molecule is CCOOCCOCCOOCC.CCOOCCOCCOOCC.O=C(O)CCC(=O)O. The van der Waals surface area contributed by atoms with Crippen LogP contribution in [0.25, 0.3) is 0 Å².